The second-order valence-electron chi connectivity index (χ2n) is 0.500. The molecule has 0 heterocycles. The van der Waals surface area contributed by atoms with Crippen molar-refractivity contribution < 1.29 is 4.11 Å². The van der Waals surface area contributed by atoms with Crippen molar-refractivity contribution >= 4 is 0 Å². The van der Waals surface area contributed by atoms with Gasteiger partial charge in [-0.3, -0.25) is 0 Å². The molecule has 24 valence electrons. The van der Waals surface area contributed by atoms with Crippen LogP contribution in [0.25, 0.3) is 0 Å². The number of hydrogen-bond acceptors (Lipinski definition) is 0. The average Bonchev–Trinajstić information content (AvgIpc) is 1.30. The minimum absolute atomic E-state index is 1.19. The Bertz CT molecular complexity index is 69.5. The average molecular weight is 59.1 g/mol. The first-order valence-electron chi connectivity index (χ1n) is 2.70. The minimum atomic E-state index is -1.88. The van der Waals surface area contributed by atoms with Gasteiger partial charge in [0.1, 0.15) is 0 Å². The van der Waals surface area contributed by atoms with E-state index in [1.807, 2.05) is 0 Å². The zero-order valence-electron chi connectivity index (χ0n) is 5.65. The van der Waals surface area contributed by atoms with E-state index in [2.05, 4.69) is 0 Å². The standard InChI is InChI=1S/C4H8/c1-3-4-2/h3-4H,1-2H3/b4-3+/i1D3. The van der Waals surface area contributed by atoms with Crippen LogP contribution in [0.5, 0.6) is 0 Å². The van der Waals surface area contributed by atoms with Gasteiger partial charge in [0.2, 0.25) is 0 Å². The van der Waals surface area contributed by atoms with Crippen LogP contribution in [0.4, 0.5) is 0 Å². The van der Waals surface area contributed by atoms with Crippen LogP contribution in [-0.4, -0.2) is 0 Å². The van der Waals surface area contributed by atoms with E-state index < -0.39 is 6.85 Å². The lowest BCUT2D eigenvalue weighted by atomic mass is 10.6. The van der Waals surface area contributed by atoms with Crippen molar-refractivity contribution in [2.24, 2.45) is 0 Å². The van der Waals surface area contributed by atoms with E-state index >= 15 is 0 Å². The van der Waals surface area contributed by atoms with E-state index in [9.17, 15) is 0 Å². The Morgan fingerprint density at radius 3 is 2.50 bits per heavy atom. The third-order valence-corrected chi connectivity index (χ3v) is 0.167. The molecule has 0 amide bonds. The van der Waals surface area contributed by atoms with Crippen LogP contribution in [0, 0.1) is 0 Å². The Balaban J connectivity index is 3.56. The van der Waals surface area contributed by atoms with Gasteiger partial charge in [0.25, 0.3) is 0 Å². The van der Waals surface area contributed by atoms with Crippen molar-refractivity contribution in [3.05, 3.63) is 12.2 Å². The molecule has 0 fully saturated rings. The lowest BCUT2D eigenvalue weighted by Gasteiger charge is -1.49. The highest BCUT2D eigenvalue weighted by molar-refractivity contribution is 4.68. The van der Waals surface area contributed by atoms with E-state index in [1.165, 1.54) is 12.2 Å². The summed E-state index contributed by atoms with van der Waals surface area (Å²) in [7, 11) is 0. The van der Waals surface area contributed by atoms with E-state index in [4.69, 9.17) is 4.11 Å². The van der Waals surface area contributed by atoms with Crippen molar-refractivity contribution in [3.8, 4) is 0 Å². The van der Waals surface area contributed by atoms with Crippen molar-refractivity contribution in [2.75, 3.05) is 0 Å². The van der Waals surface area contributed by atoms with Gasteiger partial charge < -0.3 is 0 Å². The molecule has 0 aliphatic rings. The first kappa shape index (κ1) is 0.852. The maximum atomic E-state index is 6.58. The minimum Gasteiger partial charge on any atom is -0.0919 e. The van der Waals surface area contributed by atoms with Crippen molar-refractivity contribution in [2.45, 2.75) is 13.8 Å². The van der Waals surface area contributed by atoms with Gasteiger partial charge in [-0.05, 0) is 13.8 Å². The SMILES string of the molecule is [2H]C([2H])([2H])/C=C/C. The summed E-state index contributed by atoms with van der Waals surface area (Å²) in [6, 6.07) is 0. The van der Waals surface area contributed by atoms with Gasteiger partial charge in [-0.2, -0.15) is 0 Å². The van der Waals surface area contributed by atoms with Crippen molar-refractivity contribution in [1.29, 1.82) is 0 Å². The summed E-state index contributed by atoms with van der Waals surface area (Å²) in [4.78, 5) is 0. The molecule has 0 aromatic rings. The highest BCUT2D eigenvalue weighted by Gasteiger charge is 1.34. The fraction of sp³-hybridized carbons (Fsp3) is 0.500. The molecule has 0 heteroatoms. The van der Waals surface area contributed by atoms with Crippen LogP contribution in [-0.2, 0) is 0 Å². The third kappa shape index (κ3) is 1.74. The highest BCUT2D eigenvalue weighted by atomic mass is 13.4. The molecule has 0 rings (SSSR count). The van der Waals surface area contributed by atoms with Crippen LogP contribution >= 0.6 is 0 Å². The molecule has 0 aliphatic carbocycles. The van der Waals surface area contributed by atoms with E-state index in [1.54, 1.807) is 6.92 Å². The van der Waals surface area contributed by atoms with Crippen LogP contribution in [0.2, 0.25) is 0 Å². The molecule has 0 N–H and O–H groups in total. The molecular weight excluding hydrogens is 48.0 g/mol. The van der Waals surface area contributed by atoms with Crippen LogP contribution in [0.15, 0.2) is 12.2 Å². The molecule has 0 aromatic heterocycles. The second-order valence-corrected chi connectivity index (χ2v) is 0.500. The van der Waals surface area contributed by atoms with Gasteiger partial charge >= 0.3 is 0 Å². The number of rotatable bonds is 0. The predicted molar refractivity (Wildman–Crippen MR) is 20.5 cm³/mol. The highest BCUT2D eigenvalue weighted by Crippen LogP contribution is 1.57. The molecule has 0 radical (unpaired) electrons. The lowest BCUT2D eigenvalue weighted by Crippen LogP contribution is -1.26. The fourth-order valence-corrected chi connectivity index (χ4v) is 0. The molecule has 0 aliphatic heterocycles. The topological polar surface area (TPSA) is 0 Å². The molecule has 0 nitrogen and oxygen atoms in total. The molecule has 4 heavy (non-hydrogen) atoms. The Kier molecular flexibility index (Phi) is 0.584. The Hall–Kier alpha value is -0.260. The van der Waals surface area contributed by atoms with Crippen LogP contribution in [0.3, 0.4) is 0 Å². The van der Waals surface area contributed by atoms with Gasteiger partial charge in [-0.25, -0.2) is 0 Å². The lowest BCUT2D eigenvalue weighted by molar-refractivity contribution is 1.64. The smallest absolute Gasteiger partial charge is 0.0273 e. The molecular formula is C4H8. The molecule has 0 atom stereocenters. The number of allylic oxidation sites excluding steroid dienone is 2. The monoisotopic (exact) mass is 59.1 g/mol. The van der Waals surface area contributed by atoms with Crippen molar-refractivity contribution in [1.82, 2.24) is 0 Å². The largest absolute Gasteiger partial charge is 0.0919 e. The summed E-state index contributed by atoms with van der Waals surface area (Å²) in [5.41, 5.74) is 0. The summed E-state index contributed by atoms with van der Waals surface area (Å²) >= 11 is 0. The Labute approximate surface area is 31.4 Å². The Morgan fingerprint density at radius 2 is 2.50 bits per heavy atom. The number of hydrogen-bond donors (Lipinski definition) is 0. The van der Waals surface area contributed by atoms with Gasteiger partial charge in [0, 0.05) is 4.11 Å². The second kappa shape index (κ2) is 2.74. The molecule has 0 saturated carbocycles. The zero-order chi connectivity index (χ0) is 5.91. The predicted octanol–water partition coefficient (Wildman–Crippen LogP) is 1.58. The van der Waals surface area contributed by atoms with Crippen molar-refractivity contribution in [3.63, 3.8) is 0 Å². The van der Waals surface area contributed by atoms with Gasteiger partial charge in [-0.1, -0.05) is 12.2 Å². The quantitative estimate of drug-likeness (QED) is 0.372. The summed E-state index contributed by atoms with van der Waals surface area (Å²) in [5.74, 6) is 0. The van der Waals surface area contributed by atoms with E-state index in [0.717, 1.165) is 0 Å². The maximum absolute atomic E-state index is 6.58. The normalized spacial score (nSPS) is 23.8. The molecule has 0 saturated heterocycles. The molecule has 0 aromatic carbocycles. The Morgan fingerprint density at radius 1 is 1.75 bits per heavy atom. The van der Waals surface area contributed by atoms with Gasteiger partial charge in [-0.15, -0.1) is 0 Å². The van der Waals surface area contributed by atoms with E-state index in [-0.39, 0.29) is 0 Å². The summed E-state index contributed by atoms with van der Waals surface area (Å²) in [6.07, 6.45) is 2.71. The molecule has 0 spiro atoms. The third-order valence-electron chi connectivity index (χ3n) is 0.167. The first-order valence-corrected chi connectivity index (χ1v) is 1.20. The van der Waals surface area contributed by atoms with Crippen LogP contribution < -0.4 is 0 Å². The fourth-order valence-electron chi connectivity index (χ4n) is 0. The van der Waals surface area contributed by atoms with Gasteiger partial charge in [0.05, 0.1) is 0 Å². The van der Waals surface area contributed by atoms with E-state index in [0.29, 0.717) is 0 Å². The summed E-state index contributed by atoms with van der Waals surface area (Å²) in [5, 5.41) is 0. The maximum Gasteiger partial charge on any atom is 0.0273 e. The molecule has 0 unspecified atom stereocenters. The van der Waals surface area contributed by atoms with Crippen LogP contribution in [0.1, 0.15) is 17.9 Å². The molecule has 0 bridgehead atoms. The van der Waals surface area contributed by atoms with Gasteiger partial charge in [0.15, 0.2) is 0 Å². The summed E-state index contributed by atoms with van der Waals surface area (Å²) < 4.78 is 19.7. The zero-order valence-corrected chi connectivity index (χ0v) is 2.65. The summed E-state index contributed by atoms with van der Waals surface area (Å²) in [6.45, 7) is -0.193. The first-order chi connectivity index (χ1) is 3.06.